The summed E-state index contributed by atoms with van der Waals surface area (Å²) in [5.41, 5.74) is 5.58. The SMILES string of the molecule is CC(Cc1cccs1)NS(=O)(=O)c1ccc(F)c(CN)c1. The molecule has 1 unspecified atom stereocenters. The average Bonchev–Trinajstić information content (AvgIpc) is 2.91. The lowest BCUT2D eigenvalue weighted by Crippen LogP contribution is -2.34. The lowest BCUT2D eigenvalue weighted by molar-refractivity contribution is 0.559. The van der Waals surface area contributed by atoms with E-state index in [0.29, 0.717) is 6.42 Å². The van der Waals surface area contributed by atoms with Gasteiger partial charge in [-0.2, -0.15) is 0 Å². The van der Waals surface area contributed by atoms with Crippen molar-refractivity contribution in [3.63, 3.8) is 0 Å². The zero-order chi connectivity index (χ0) is 15.5. The van der Waals surface area contributed by atoms with Crippen molar-refractivity contribution in [2.45, 2.75) is 30.8 Å². The molecule has 0 spiro atoms. The van der Waals surface area contributed by atoms with Gasteiger partial charge >= 0.3 is 0 Å². The third-order valence-corrected chi connectivity index (χ3v) is 5.48. The van der Waals surface area contributed by atoms with Gasteiger partial charge in [-0.25, -0.2) is 17.5 Å². The molecule has 0 bridgehead atoms. The first kappa shape index (κ1) is 16.1. The molecule has 4 nitrogen and oxygen atoms in total. The first-order chi connectivity index (χ1) is 9.92. The van der Waals surface area contributed by atoms with E-state index in [0.717, 1.165) is 10.9 Å². The molecular weight excluding hydrogens is 311 g/mol. The molecule has 2 aromatic rings. The fourth-order valence-corrected chi connectivity index (χ4v) is 4.11. The van der Waals surface area contributed by atoms with Crippen LogP contribution in [0.5, 0.6) is 0 Å². The third-order valence-electron chi connectivity index (χ3n) is 2.99. The summed E-state index contributed by atoms with van der Waals surface area (Å²) >= 11 is 1.58. The van der Waals surface area contributed by atoms with Crippen LogP contribution in [0, 0.1) is 5.82 Å². The monoisotopic (exact) mass is 328 g/mol. The van der Waals surface area contributed by atoms with Gasteiger partial charge in [-0.1, -0.05) is 6.07 Å². The minimum Gasteiger partial charge on any atom is -0.326 e. The fourth-order valence-electron chi connectivity index (χ4n) is 1.98. The Morgan fingerprint density at radius 1 is 1.38 bits per heavy atom. The number of hydrogen-bond donors (Lipinski definition) is 2. The van der Waals surface area contributed by atoms with Gasteiger partial charge in [-0.15, -0.1) is 11.3 Å². The number of halogens is 1. The smallest absolute Gasteiger partial charge is 0.240 e. The molecule has 7 heteroatoms. The van der Waals surface area contributed by atoms with E-state index in [1.54, 1.807) is 18.3 Å². The number of thiophene rings is 1. The Bertz CT molecular complexity index is 700. The van der Waals surface area contributed by atoms with Crippen molar-refractivity contribution in [1.82, 2.24) is 4.72 Å². The second-order valence-corrected chi connectivity index (χ2v) is 7.51. The number of hydrogen-bond acceptors (Lipinski definition) is 4. The van der Waals surface area contributed by atoms with Crippen molar-refractivity contribution in [2.75, 3.05) is 0 Å². The Labute approximate surface area is 127 Å². The van der Waals surface area contributed by atoms with Crippen LogP contribution in [0.2, 0.25) is 0 Å². The van der Waals surface area contributed by atoms with Crippen LogP contribution in [0.4, 0.5) is 4.39 Å². The van der Waals surface area contributed by atoms with Gasteiger partial charge < -0.3 is 5.73 Å². The topological polar surface area (TPSA) is 72.2 Å². The zero-order valence-electron chi connectivity index (χ0n) is 11.5. The molecule has 2 rings (SSSR count). The highest BCUT2D eigenvalue weighted by atomic mass is 32.2. The number of rotatable bonds is 6. The summed E-state index contributed by atoms with van der Waals surface area (Å²) in [6.45, 7) is 1.75. The maximum absolute atomic E-state index is 13.4. The first-order valence-electron chi connectivity index (χ1n) is 6.45. The molecule has 0 radical (unpaired) electrons. The number of sulfonamides is 1. The van der Waals surface area contributed by atoms with Crippen LogP contribution in [-0.4, -0.2) is 14.5 Å². The average molecular weight is 328 g/mol. The van der Waals surface area contributed by atoms with E-state index < -0.39 is 15.8 Å². The van der Waals surface area contributed by atoms with E-state index in [-0.39, 0.29) is 23.0 Å². The third kappa shape index (κ3) is 4.10. The second kappa shape index (κ2) is 6.65. The van der Waals surface area contributed by atoms with Crippen LogP contribution in [0.1, 0.15) is 17.4 Å². The molecule has 0 amide bonds. The van der Waals surface area contributed by atoms with Crippen molar-refractivity contribution < 1.29 is 12.8 Å². The standard InChI is InChI=1S/C14H17FN2O2S2/c1-10(7-12-3-2-6-20-12)17-21(18,19)13-4-5-14(15)11(8-13)9-16/h2-6,8,10,17H,7,9,16H2,1H3. The van der Waals surface area contributed by atoms with Crippen molar-refractivity contribution in [3.05, 3.63) is 52.0 Å². The van der Waals surface area contributed by atoms with Crippen LogP contribution in [0.3, 0.4) is 0 Å². The lowest BCUT2D eigenvalue weighted by atomic mass is 10.2. The minimum absolute atomic E-state index is 0.0300. The summed E-state index contributed by atoms with van der Waals surface area (Å²) < 4.78 is 40.5. The summed E-state index contributed by atoms with van der Waals surface area (Å²) in [4.78, 5) is 1.13. The molecule has 1 aromatic carbocycles. The maximum Gasteiger partial charge on any atom is 0.240 e. The quantitative estimate of drug-likeness (QED) is 0.854. The van der Waals surface area contributed by atoms with E-state index in [1.165, 1.54) is 12.1 Å². The van der Waals surface area contributed by atoms with Crippen LogP contribution < -0.4 is 10.5 Å². The highest BCUT2D eigenvalue weighted by Gasteiger charge is 2.19. The van der Waals surface area contributed by atoms with Crippen molar-refractivity contribution >= 4 is 21.4 Å². The van der Waals surface area contributed by atoms with Gasteiger partial charge in [0.1, 0.15) is 5.82 Å². The van der Waals surface area contributed by atoms with Crippen molar-refractivity contribution in [3.8, 4) is 0 Å². The largest absolute Gasteiger partial charge is 0.326 e. The molecule has 114 valence electrons. The summed E-state index contributed by atoms with van der Waals surface area (Å²) in [5, 5.41) is 1.95. The molecule has 1 heterocycles. The molecule has 0 fully saturated rings. The van der Waals surface area contributed by atoms with Gasteiger partial charge in [0.25, 0.3) is 0 Å². The van der Waals surface area contributed by atoms with Gasteiger partial charge in [-0.05, 0) is 43.0 Å². The Hall–Kier alpha value is -1.28. The van der Waals surface area contributed by atoms with E-state index >= 15 is 0 Å². The van der Waals surface area contributed by atoms with Gasteiger partial charge in [-0.3, -0.25) is 0 Å². The number of nitrogens with one attached hydrogen (secondary N) is 1. The molecule has 0 saturated carbocycles. The van der Waals surface area contributed by atoms with Gasteiger partial charge in [0, 0.05) is 23.0 Å². The van der Waals surface area contributed by atoms with Gasteiger partial charge in [0.05, 0.1) is 4.90 Å². The molecule has 0 aliphatic carbocycles. The molecule has 0 saturated heterocycles. The zero-order valence-corrected chi connectivity index (χ0v) is 13.2. The maximum atomic E-state index is 13.4. The van der Waals surface area contributed by atoms with Crippen LogP contribution in [-0.2, 0) is 23.0 Å². The summed E-state index contributed by atoms with van der Waals surface area (Å²) in [6.07, 6.45) is 0.613. The minimum atomic E-state index is -3.68. The van der Waals surface area contributed by atoms with E-state index in [4.69, 9.17) is 5.73 Å². The number of nitrogens with two attached hydrogens (primary N) is 1. The van der Waals surface area contributed by atoms with Crippen molar-refractivity contribution in [1.29, 1.82) is 0 Å². The molecule has 21 heavy (non-hydrogen) atoms. The molecular formula is C14H17FN2O2S2. The van der Waals surface area contributed by atoms with Crippen LogP contribution in [0.15, 0.2) is 40.6 Å². The summed E-state index contributed by atoms with van der Waals surface area (Å²) in [6, 6.07) is 7.28. The lowest BCUT2D eigenvalue weighted by Gasteiger charge is -2.14. The van der Waals surface area contributed by atoms with E-state index in [1.807, 2.05) is 17.5 Å². The predicted octanol–water partition coefficient (Wildman–Crippen LogP) is 2.26. The van der Waals surface area contributed by atoms with E-state index in [9.17, 15) is 12.8 Å². The summed E-state index contributed by atoms with van der Waals surface area (Å²) in [5.74, 6) is -0.497. The second-order valence-electron chi connectivity index (χ2n) is 4.76. The molecule has 1 aromatic heterocycles. The summed E-state index contributed by atoms with van der Waals surface area (Å²) in [7, 11) is -3.68. The van der Waals surface area contributed by atoms with Crippen LogP contribution >= 0.6 is 11.3 Å². The fraction of sp³-hybridized carbons (Fsp3) is 0.286. The number of benzene rings is 1. The predicted molar refractivity (Wildman–Crippen MR) is 82.1 cm³/mol. The molecule has 3 N–H and O–H groups in total. The van der Waals surface area contributed by atoms with Crippen LogP contribution in [0.25, 0.3) is 0 Å². The van der Waals surface area contributed by atoms with Crippen molar-refractivity contribution in [2.24, 2.45) is 5.73 Å². The molecule has 1 atom stereocenters. The highest BCUT2D eigenvalue weighted by molar-refractivity contribution is 7.89. The molecule has 0 aliphatic rings. The normalized spacial score (nSPS) is 13.3. The highest BCUT2D eigenvalue weighted by Crippen LogP contribution is 2.16. The molecule has 0 aliphatic heterocycles. The van der Waals surface area contributed by atoms with E-state index in [2.05, 4.69) is 4.72 Å². The van der Waals surface area contributed by atoms with Gasteiger partial charge in [0.15, 0.2) is 0 Å². The van der Waals surface area contributed by atoms with Gasteiger partial charge in [0.2, 0.25) is 10.0 Å². The Balaban J connectivity index is 2.14. The Kier molecular flexibility index (Phi) is 5.10. The Morgan fingerprint density at radius 3 is 2.76 bits per heavy atom. The Morgan fingerprint density at radius 2 is 2.14 bits per heavy atom. The first-order valence-corrected chi connectivity index (χ1v) is 8.82.